The van der Waals surface area contributed by atoms with E-state index in [1.165, 1.54) is 23.2 Å². The summed E-state index contributed by atoms with van der Waals surface area (Å²) in [6.07, 6.45) is 1.40. The molecule has 0 spiro atoms. The lowest BCUT2D eigenvalue weighted by molar-refractivity contribution is -0.137. The highest BCUT2D eigenvalue weighted by Gasteiger charge is 2.46. The summed E-state index contributed by atoms with van der Waals surface area (Å²) in [7, 11) is 0. The molecule has 0 atom stereocenters. The Morgan fingerprint density at radius 2 is 2.00 bits per heavy atom. The van der Waals surface area contributed by atoms with Crippen LogP contribution in [0.3, 0.4) is 0 Å². The van der Waals surface area contributed by atoms with Crippen molar-refractivity contribution in [1.82, 2.24) is 9.55 Å². The Morgan fingerprint density at radius 3 is 2.56 bits per heavy atom. The molecule has 1 N–H and O–H groups in total. The number of hydrogen-bond donors (Lipinski definition) is 1. The zero-order valence-corrected chi connectivity index (χ0v) is 19.5. The van der Waals surface area contributed by atoms with Gasteiger partial charge in [-0.3, -0.25) is 4.79 Å². The van der Waals surface area contributed by atoms with Gasteiger partial charge in [-0.25, -0.2) is 13.8 Å². The molecule has 2 aromatic rings. The molecular weight excluding hydrogens is 544 g/mol. The first-order valence-corrected chi connectivity index (χ1v) is 11.0. The molecule has 0 unspecified atom stereocenters. The molecule has 10 heteroatoms. The number of amides is 1. The summed E-state index contributed by atoms with van der Waals surface area (Å²) in [4.78, 5) is 16.7. The summed E-state index contributed by atoms with van der Waals surface area (Å²) in [5.74, 6) is -3.69. The minimum absolute atomic E-state index is 0.0375. The lowest BCUT2D eigenvalue weighted by Crippen LogP contribution is -2.33. The van der Waals surface area contributed by atoms with Gasteiger partial charge in [-0.05, 0) is 63.8 Å². The van der Waals surface area contributed by atoms with Gasteiger partial charge in [0.15, 0.2) is 0 Å². The molecule has 1 fully saturated rings. The quantitative estimate of drug-likeness (QED) is 0.177. The van der Waals surface area contributed by atoms with Crippen molar-refractivity contribution in [2.75, 3.05) is 5.32 Å². The lowest BCUT2D eigenvalue weighted by atomic mass is 9.79. The van der Waals surface area contributed by atoms with E-state index >= 15 is 0 Å². The topological polar surface area (TPSA) is 46.9 Å². The first kappa shape index (κ1) is 24.4. The van der Waals surface area contributed by atoms with Crippen molar-refractivity contribution in [2.24, 2.45) is 0 Å². The van der Waals surface area contributed by atoms with Crippen LogP contribution in [0.2, 0.25) is 0 Å². The first-order valence-electron chi connectivity index (χ1n) is 9.90. The standard InChI is InChI=1S/C22H21F5IN3O/c1-3-13(5-16(28)4-2)20(32)30-17-6-15(22(25,26)27)7-18(8-17)31-11-19(29-12-31)14-9-21(23,24)10-14/h3,5-8,11-12,14H,4,9-10H2,1-2H3,(H,30,32)/b13-3+,16-5+. The normalized spacial score (nSPS) is 17.2. The monoisotopic (exact) mass is 565 g/mol. The molecule has 1 aromatic heterocycles. The minimum atomic E-state index is -4.64. The van der Waals surface area contributed by atoms with E-state index < -0.39 is 29.5 Å². The smallest absolute Gasteiger partial charge is 0.322 e. The molecular formula is C22H21F5IN3O. The lowest BCUT2D eigenvalue weighted by Gasteiger charge is -2.33. The number of hydrogen-bond acceptors (Lipinski definition) is 2. The molecule has 1 heterocycles. The molecule has 1 aliphatic carbocycles. The van der Waals surface area contributed by atoms with Gasteiger partial charge in [0.2, 0.25) is 5.92 Å². The molecule has 3 rings (SSSR count). The molecule has 172 valence electrons. The highest BCUT2D eigenvalue weighted by atomic mass is 127. The van der Waals surface area contributed by atoms with Crippen molar-refractivity contribution in [3.63, 3.8) is 0 Å². The maximum atomic E-state index is 13.5. The summed E-state index contributed by atoms with van der Waals surface area (Å²) in [6.45, 7) is 3.59. The number of aromatic nitrogens is 2. The highest BCUT2D eigenvalue weighted by Crippen LogP contribution is 2.47. The number of rotatable bonds is 6. The van der Waals surface area contributed by atoms with Crippen LogP contribution in [-0.2, 0) is 11.0 Å². The third-order valence-electron chi connectivity index (χ3n) is 5.14. The molecule has 0 saturated heterocycles. The fourth-order valence-electron chi connectivity index (χ4n) is 3.31. The first-order chi connectivity index (χ1) is 14.9. The van der Waals surface area contributed by atoms with Crippen LogP contribution in [0.25, 0.3) is 5.69 Å². The number of carbonyl (C=O) groups excluding carboxylic acids is 1. The Labute approximate surface area is 195 Å². The zero-order valence-electron chi connectivity index (χ0n) is 17.3. The number of anilines is 1. The van der Waals surface area contributed by atoms with Crippen LogP contribution in [0.5, 0.6) is 0 Å². The van der Waals surface area contributed by atoms with Crippen molar-refractivity contribution >= 4 is 34.2 Å². The average Bonchev–Trinajstić information content (AvgIpc) is 3.18. The van der Waals surface area contributed by atoms with Crippen molar-refractivity contribution in [1.29, 1.82) is 0 Å². The van der Waals surface area contributed by atoms with Gasteiger partial charge in [-0.1, -0.05) is 13.0 Å². The van der Waals surface area contributed by atoms with Crippen molar-refractivity contribution in [2.45, 2.75) is 51.1 Å². The van der Waals surface area contributed by atoms with E-state index in [1.54, 1.807) is 19.1 Å². The average molecular weight is 565 g/mol. The molecule has 0 bridgehead atoms. The van der Waals surface area contributed by atoms with Crippen LogP contribution in [0.4, 0.5) is 27.6 Å². The second kappa shape index (κ2) is 9.32. The second-order valence-corrected chi connectivity index (χ2v) is 8.96. The number of imidazole rings is 1. The predicted octanol–water partition coefficient (Wildman–Crippen LogP) is 7.02. The largest absolute Gasteiger partial charge is 0.416 e. The molecule has 1 saturated carbocycles. The number of allylic oxidation sites excluding steroid dienone is 2. The summed E-state index contributed by atoms with van der Waals surface area (Å²) in [5, 5.41) is 2.52. The number of carbonyl (C=O) groups is 1. The van der Waals surface area contributed by atoms with Gasteiger partial charge in [-0.2, -0.15) is 13.2 Å². The Kier molecular flexibility index (Phi) is 7.11. The molecule has 0 radical (unpaired) electrons. The van der Waals surface area contributed by atoms with Crippen LogP contribution in [0.1, 0.15) is 50.3 Å². The fourth-order valence-corrected chi connectivity index (χ4v) is 3.65. The van der Waals surface area contributed by atoms with Crippen LogP contribution >= 0.6 is 22.6 Å². The molecule has 1 aromatic carbocycles. The third kappa shape index (κ3) is 5.76. The third-order valence-corrected chi connectivity index (χ3v) is 6.21. The molecule has 4 nitrogen and oxygen atoms in total. The van der Waals surface area contributed by atoms with E-state index in [-0.39, 0.29) is 24.2 Å². The Morgan fingerprint density at radius 1 is 1.31 bits per heavy atom. The van der Waals surface area contributed by atoms with Gasteiger partial charge in [0.1, 0.15) is 0 Å². The summed E-state index contributed by atoms with van der Waals surface area (Å²) < 4.78 is 69.0. The predicted molar refractivity (Wildman–Crippen MR) is 120 cm³/mol. The molecule has 1 amide bonds. The number of nitrogens with zero attached hydrogens (tertiary/aromatic N) is 2. The van der Waals surface area contributed by atoms with Crippen LogP contribution in [0.15, 0.2) is 52.0 Å². The van der Waals surface area contributed by atoms with E-state index in [4.69, 9.17) is 0 Å². The van der Waals surface area contributed by atoms with Gasteiger partial charge in [-0.15, -0.1) is 0 Å². The molecule has 32 heavy (non-hydrogen) atoms. The summed E-state index contributed by atoms with van der Waals surface area (Å²) in [5.41, 5.74) is -0.151. The van der Waals surface area contributed by atoms with E-state index in [2.05, 4.69) is 32.9 Å². The van der Waals surface area contributed by atoms with Gasteiger partial charge in [0.25, 0.3) is 5.91 Å². The van der Waals surface area contributed by atoms with Gasteiger partial charge >= 0.3 is 6.18 Å². The number of halogens is 6. The van der Waals surface area contributed by atoms with Gasteiger partial charge < -0.3 is 9.88 Å². The number of nitrogens with one attached hydrogen (secondary N) is 1. The molecule has 1 aliphatic rings. The maximum absolute atomic E-state index is 13.5. The number of benzene rings is 1. The fraction of sp³-hybridized carbons (Fsp3) is 0.364. The van der Waals surface area contributed by atoms with Gasteiger partial charge in [0.05, 0.1) is 17.6 Å². The summed E-state index contributed by atoms with van der Waals surface area (Å²) in [6, 6.07) is 3.16. The van der Waals surface area contributed by atoms with E-state index in [1.807, 2.05) is 6.92 Å². The van der Waals surface area contributed by atoms with Crippen LogP contribution in [0, 0.1) is 0 Å². The summed E-state index contributed by atoms with van der Waals surface area (Å²) >= 11 is 2.09. The van der Waals surface area contributed by atoms with Gasteiger partial charge in [0, 0.05) is 41.9 Å². The second-order valence-electron chi connectivity index (χ2n) is 7.58. The zero-order chi connectivity index (χ0) is 23.7. The Bertz CT molecular complexity index is 1060. The SMILES string of the molecule is C/C=C(\C=C(\I)CC)C(=O)Nc1cc(-n2cnc(C3CC(F)(F)C3)c2)cc(C(F)(F)F)c1. The molecule has 0 aliphatic heterocycles. The number of alkyl halides is 5. The van der Waals surface area contributed by atoms with E-state index in [9.17, 15) is 26.7 Å². The van der Waals surface area contributed by atoms with Crippen molar-refractivity contribution in [3.8, 4) is 5.69 Å². The highest BCUT2D eigenvalue weighted by molar-refractivity contribution is 14.1. The Hall–Kier alpha value is -2.24. The van der Waals surface area contributed by atoms with Crippen LogP contribution in [-0.4, -0.2) is 21.4 Å². The maximum Gasteiger partial charge on any atom is 0.416 e. The minimum Gasteiger partial charge on any atom is -0.322 e. The van der Waals surface area contributed by atoms with Crippen molar-refractivity contribution in [3.05, 3.63) is 63.3 Å². The Balaban J connectivity index is 1.91. The van der Waals surface area contributed by atoms with E-state index in [0.29, 0.717) is 11.3 Å². The van der Waals surface area contributed by atoms with Crippen molar-refractivity contribution < 1.29 is 26.7 Å². The van der Waals surface area contributed by atoms with Crippen LogP contribution < -0.4 is 5.32 Å². The van der Waals surface area contributed by atoms with E-state index in [0.717, 1.165) is 22.1 Å².